The monoisotopic (exact) mass is 283 g/mol. The lowest BCUT2D eigenvalue weighted by atomic mass is 10.1. The number of para-hydroxylation sites is 1. The number of anilines is 1. The highest BCUT2D eigenvalue weighted by atomic mass is 16.5. The summed E-state index contributed by atoms with van der Waals surface area (Å²) in [5.74, 6) is 0.241. The van der Waals surface area contributed by atoms with Gasteiger partial charge in [-0.25, -0.2) is 0 Å². The van der Waals surface area contributed by atoms with Crippen molar-refractivity contribution in [3.8, 4) is 5.75 Å². The number of carbonyl (C=O) groups is 2. The zero-order chi connectivity index (χ0) is 15.2. The maximum Gasteiger partial charge on any atom is 0.262 e. The van der Waals surface area contributed by atoms with Gasteiger partial charge >= 0.3 is 0 Å². The van der Waals surface area contributed by atoms with Gasteiger partial charge in [0.05, 0.1) is 5.69 Å². The Morgan fingerprint density at radius 2 is 1.71 bits per heavy atom. The van der Waals surface area contributed by atoms with E-state index in [1.165, 1.54) is 6.92 Å². The molecule has 0 saturated carbocycles. The minimum absolute atomic E-state index is 0.0923. The van der Waals surface area contributed by atoms with Crippen molar-refractivity contribution in [1.82, 2.24) is 0 Å². The molecule has 2 rings (SSSR count). The van der Waals surface area contributed by atoms with Gasteiger partial charge in [0, 0.05) is 5.56 Å². The molecular formula is C17H17NO3. The van der Waals surface area contributed by atoms with Crippen LogP contribution in [-0.4, -0.2) is 18.3 Å². The lowest BCUT2D eigenvalue weighted by Crippen LogP contribution is -2.21. The SMILES string of the molecule is CC(=O)c1ccccc1NC(=O)COc1ccc(C)cc1. The molecule has 0 atom stereocenters. The lowest BCUT2D eigenvalue weighted by molar-refractivity contribution is -0.118. The third kappa shape index (κ3) is 4.18. The van der Waals surface area contributed by atoms with Gasteiger partial charge in [0.25, 0.3) is 5.91 Å². The van der Waals surface area contributed by atoms with Crippen LogP contribution in [0.5, 0.6) is 5.75 Å². The summed E-state index contributed by atoms with van der Waals surface area (Å²) in [7, 11) is 0. The molecule has 0 aliphatic heterocycles. The minimum Gasteiger partial charge on any atom is -0.484 e. The van der Waals surface area contributed by atoms with Crippen LogP contribution in [0.2, 0.25) is 0 Å². The molecule has 0 aromatic heterocycles. The van der Waals surface area contributed by atoms with Crippen LogP contribution >= 0.6 is 0 Å². The Morgan fingerprint density at radius 1 is 1.05 bits per heavy atom. The molecule has 2 aromatic carbocycles. The van der Waals surface area contributed by atoms with Gasteiger partial charge in [0.15, 0.2) is 12.4 Å². The summed E-state index contributed by atoms with van der Waals surface area (Å²) in [6, 6.07) is 14.4. The summed E-state index contributed by atoms with van der Waals surface area (Å²) in [4.78, 5) is 23.4. The van der Waals surface area contributed by atoms with E-state index < -0.39 is 0 Å². The molecule has 0 spiro atoms. The molecule has 2 aromatic rings. The van der Waals surface area contributed by atoms with Gasteiger partial charge in [-0.15, -0.1) is 0 Å². The molecule has 0 saturated heterocycles. The number of amides is 1. The fourth-order valence-electron chi connectivity index (χ4n) is 1.87. The van der Waals surface area contributed by atoms with Crippen LogP contribution in [0.4, 0.5) is 5.69 Å². The van der Waals surface area contributed by atoms with Crippen LogP contribution in [-0.2, 0) is 4.79 Å². The van der Waals surface area contributed by atoms with E-state index in [9.17, 15) is 9.59 Å². The molecule has 0 radical (unpaired) electrons. The van der Waals surface area contributed by atoms with Gasteiger partial charge in [-0.2, -0.15) is 0 Å². The smallest absolute Gasteiger partial charge is 0.262 e. The number of benzene rings is 2. The normalized spacial score (nSPS) is 10.0. The zero-order valence-corrected chi connectivity index (χ0v) is 12.1. The summed E-state index contributed by atoms with van der Waals surface area (Å²) in [6.45, 7) is 3.35. The van der Waals surface area contributed by atoms with Gasteiger partial charge in [0.1, 0.15) is 5.75 Å². The average molecular weight is 283 g/mol. The second kappa shape index (κ2) is 6.70. The van der Waals surface area contributed by atoms with Crippen molar-refractivity contribution in [2.24, 2.45) is 0 Å². The molecule has 21 heavy (non-hydrogen) atoms. The van der Waals surface area contributed by atoms with Crippen LogP contribution in [0.25, 0.3) is 0 Å². The van der Waals surface area contributed by atoms with E-state index in [0.29, 0.717) is 17.0 Å². The lowest BCUT2D eigenvalue weighted by Gasteiger charge is -2.10. The highest BCUT2D eigenvalue weighted by Crippen LogP contribution is 2.16. The van der Waals surface area contributed by atoms with Gasteiger partial charge in [0.2, 0.25) is 0 Å². The predicted molar refractivity (Wildman–Crippen MR) is 81.8 cm³/mol. The van der Waals surface area contributed by atoms with E-state index in [2.05, 4.69) is 5.32 Å². The number of Topliss-reactive ketones (excluding diaryl/α,β-unsaturated/α-hetero) is 1. The highest BCUT2D eigenvalue weighted by molar-refractivity contribution is 6.03. The Kier molecular flexibility index (Phi) is 4.72. The van der Waals surface area contributed by atoms with Crippen molar-refractivity contribution < 1.29 is 14.3 Å². The summed E-state index contributed by atoms with van der Waals surface area (Å²) >= 11 is 0. The van der Waals surface area contributed by atoms with Gasteiger partial charge in [-0.3, -0.25) is 9.59 Å². The molecule has 0 aliphatic carbocycles. The number of nitrogens with one attached hydrogen (secondary N) is 1. The van der Waals surface area contributed by atoms with Crippen LogP contribution in [0.3, 0.4) is 0 Å². The molecule has 0 bridgehead atoms. The number of hydrogen-bond donors (Lipinski definition) is 1. The summed E-state index contributed by atoms with van der Waals surface area (Å²) in [6.07, 6.45) is 0. The van der Waals surface area contributed by atoms with Crippen molar-refractivity contribution in [2.75, 3.05) is 11.9 Å². The van der Waals surface area contributed by atoms with E-state index in [1.54, 1.807) is 24.3 Å². The Hall–Kier alpha value is -2.62. The largest absolute Gasteiger partial charge is 0.484 e. The Morgan fingerprint density at radius 3 is 2.38 bits per heavy atom. The summed E-state index contributed by atoms with van der Waals surface area (Å²) < 4.78 is 5.40. The minimum atomic E-state index is -0.302. The number of hydrogen-bond acceptors (Lipinski definition) is 3. The van der Waals surface area contributed by atoms with Crippen LogP contribution < -0.4 is 10.1 Å². The third-order valence-electron chi connectivity index (χ3n) is 2.97. The molecule has 4 nitrogen and oxygen atoms in total. The van der Waals surface area contributed by atoms with Crippen LogP contribution in [0, 0.1) is 6.92 Å². The molecule has 0 aliphatic rings. The van der Waals surface area contributed by atoms with Crippen molar-refractivity contribution in [2.45, 2.75) is 13.8 Å². The van der Waals surface area contributed by atoms with Gasteiger partial charge < -0.3 is 10.1 Å². The fourth-order valence-corrected chi connectivity index (χ4v) is 1.87. The number of rotatable bonds is 5. The second-order valence-corrected chi connectivity index (χ2v) is 4.75. The average Bonchev–Trinajstić information content (AvgIpc) is 2.47. The topological polar surface area (TPSA) is 55.4 Å². The van der Waals surface area contributed by atoms with E-state index in [1.807, 2.05) is 31.2 Å². The third-order valence-corrected chi connectivity index (χ3v) is 2.97. The molecule has 1 N–H and O–H groups in total. The number of ether oxygens (including phenoxy) is 1. The molecule has 0 unspecified atom stereocenters. The maximum atomic E-state index is 11.9. The molecule has 0 fully saturated rings. The number of ketones is 1. The Labute approximate surface area is 123 Å². The highest BCUT2D eigenvalue weighted by Gasteiger charge is 2.10. The molecule has 108 valence electrons. The van der Waals surface area contributed by atoms with E-state index in [0.717, 1.165) is 5.56 Å². The standard InChI is InChI=1S/C17H17NO3/c1-12-7-9-14(10-8-12)21-11-17(20)18-16-6-4-3-5-15(16)13(2)19/h3-10H,11H2,1-2H3,(H,18,20). The van der Waals surface area contributed by atoms with E-state index in [-0.39, 0.29) is 18.3 Å². The van der Waals surface area contributed by atoms with Gasteiger partial charge in [-0.1, -0.05) is 29.8 Å². The zero-order valence-electron chi connectivity index (χ0n) is 12.1. The summed E-state index contributed by atoms with van der Waals surface area (Å²) in [5, 5.41) is 2.69. The van der Waals surface area contributed by atoms with Gasteiger partial charge in [-0.05, 0) is 38.1 Å². The quantitative estimate of drug-likeness (QED) is 0.857. The van der Waals surface area contributed by atoms with E-state index in [4.69, 9.17) is 4.74 Å². The van der Waals surface area contributed by atoms with E-state index >= 15 is 0 Å². The molecule has 0 heterocycles. The first-order valence-corrected chi connectivity index (χ1v) is 6.65. The first-order chi connectivity index (χ1) is 10.1. The molecular weight excluding hydrogens is 266 g/mol. The Balaban J connectivity index is 1.96. The predicted octanol–water partition coefficient (Wildman–Crippen LogP) is 3.22. The van der Waals surface area contributed by atoms with Crippen LogP contribution in [0.1, 0.15) is 22.8 Å². The number of aryl methyl sites for hydroxylation is 1. The van der Waals surface area contributed by atoms with Crippen molar-refractivity contribution in [3.05, 3.63) is 59.7 Å². The van der Waals surface area contributed by atoms with Crippen LogP contribution in [0.15, 0.2) is 48.5 Å². The maximum absolute atomic E-state index is 11.9. The van der Waals surface area contributed by atoms with Crippen molar-refractivity contribution >= 4 is 17.4 Å². The number of carbonyl (C=O) groups excluding carboxylic acids is 2. The first kappa shape index (κ1) is 14.8. The van der Waals surface area contributed by atoms with Crippen molar-refractivity contribution in [1.29, 1.82) is 0 Å². The fraction of sp³-hybridized carbons (Fsp3) is 0.176. The molecule has 1 amide bonds. The first-order valence-electron chi connectivity index (χ1n) is 6.65. The Bertz CT molecular complexity index is 647. The van der Waals surface area contributed by atoms with Crippen molar-refractivity contribution in [3.63, 3.8) is 0 Å². The summed E-state index contributed by atoms with van der Waals surface area (Å²) in [5.41, 5.74) is 2.12. The molecule has 4 heteroatoms. The second-order valence-electron chi connectivity index (χ2n) is 4.75.